The number of aromatic nitrogens is 1. The average molecular weight is 539 g/mol. The number of anilines is 2. The maximum absolute atomic E-state index is 12.9. The molecule has 0 bridgehead atoms. The molecule has 1 heterocycles. The number of nitrogens with one attached hydrogen (secondary N) is 2. The second kappa shape index (κ2) is 14.2. The molecule has 1 aliphatic rings. The third kappa shape index (κ3) is 9.24. The Labute approximate surface area is 220 Å². The van der Waals surface area contributed by atoms with Crippen LogP contribution in [0.4, 0.5) is 11.4 Å². The molecule has 1 aromatic heterocycles. The van der Waals surface area contributed by atoms with Crippen LogP contribution in [0, 0.1) is 5.92 Å². The lowest BCUT2D eigenvalue weighted by molar-refractivity contribution is 0.209. The number of sulfonamides is 1. The van der Waals surface area contributed by atoms with Gasteiger partial charge < -0.3 is 10.1 Å². The normalized spacial score (nSPS) is 13.7. The molecule has 2 N–H and O–H groups in total. The van der Waals surface area contributed by atoms with E-state index in [1.54, 1.807) is 12.4 Å². The van der Waals surface area contributed by atoms with Crippen LogP contribution >= 0.6 is 24.8 Å². The summed E-state index contributed by atoms with van der Waals surface area (Å²) in [4.78, 5) is 4.03. The third-order valence-electron chi connectivity index (χ3n) is 5.89. The van der Waals surface area contributed by atoms with E-state index in [0.29, 0.717) is 30.5 Å². The van der Waals surface area contributed by atoms with Gasteiger partial charge in [0.2, 0.25) is 10.0 Å². The highest BCUT2D eigenvalue weighted by Gasteiger charge is 2.18. The van der Waals surface area contributed by atoms with Crippen molar-refractivity contribution < 1.29 is 13.2 Å². The Kier molecular flexibility index (Phi) is 11.6. The molecule has 9 heteroatoms. The first-order valence-electron chi connectivity index (χ1n) is 11.5. The van der Waals surface area contributed by atoms with Crippen LogP contribution in [0.3, 0.4) is 0 Å². The molecule has 1 aliphatic carbocycles. The summed E-state index contributed by atoms with van der Waals surface area (Å²) in [6.07, 6.45) is 9.57. The second-order valence-corrected chi connectivity index (χ2v) is 10.3. The van der Waals surface area contributed by atoms with Crippen LogP contribution in [0.5, 0.6) is 5.75 Å². The number of nitrogens with zero attached hydrogens (tertiary/aromatic N) is 1. The van der Waals surface area contributed by atoms with Crippen LogP contribution in [-0.4, -0.2) is 20.0 Å². The van der Waals surface area contributed by atoms with Gasteiger partial charge in [-0.1, -0.05) is 55.7 Å². The number of pyridine rings is 1. The van der Waals surface area contributed by atoms with Gasteiger partial charge in [-0.25, -0.2) is 8.42 Å². The van der Waals surface area contributed by atoms with Gasteiger partial charge in [-0.05, 0) is 54.2 Å². The standard InChI is InChI=1S/C26H31N3O3S.2ClH/c30-33(31,20-22-9-5-2-6-10-22)29-25-17-23(18-28-24-13-15-27-16-14-24)11-12-26(25)32-19-21-7-3-1-4-8-21;;/h2,5-6,9-17,21,29H,1,3-4,7-8,18-20H2,(H,27,28);2*1H. The summed E-state index contributed by atoms with van der Waals surface area (Å²) in [6, 6.07) is 18.7. The van der Waals surface area contributed by atoms with E-state index >= 15 is 0 Å². The molecule has 0 atom stereocenters. The largest absolute Gasteiger partial charge is 0.491 e. The molecule has 2 aromatic carbocycles. The summed E-state index contributed by atoms with van der Waals surface area (Å²) >= 11 is 0. The van der Waals surface area contributed by atoms with Gasteiger partial charge in [0, 0.05) is 24.6 Å². The molecule has 0 radical (unpaired) electrons. The van der Waals surface area contributed by atoms with Crippen molar-refractivity contribution in [3.8, 4) is 5.75 Å². The van der Waals surface area contributed by atoms with Crippen LogP contribution in [0.15, 0.2) is 73.1 Å². The lowest BCUT2D eigenvalue weighted by Gasteiger charge is -2.23. The molecule has 0 aliphatic heterocycles. The van der Waals surface area contributed by atoms with Crippen LogP contribution in [-0.2, 0) is 22.3 Å². The quantitative estimate of drug-likeness (QED) is 0.311. The Bertz CT molecular complexity index is 1130. The van der Waals surface area contributed by atoms with Gasteiger partial charge in [0.1, 0.15) is 5.75 Å². The van der Waals surface area contributed by atoms with Crippen molar-refractivity contribution in [1.29, 1.82) is 0 Å². The average Bonchev–Trinajstić information content (AvgIpc) is 2.83. The fraction of sp³-hybridized carbons (Fsp3) is 0.346. The van der Waals surface area contributed by atoms with Crippen LogP contribution in [0.1, 0.15) is 43.2 Å². The highest BCUT2D eigenvalue weighted by atomic mass is 35.5. The van der Waals surface area contributed by atoms with Crippen molar-refractivity contribution in [2.45, 2.75) is 44.4 Å². The number of benzene rings is 2. The Morgan fingerprint density at radius 2 is 1.60 bits per heavy atom. The lowest BCUT2D eigenvalue weighted by Crippen LogP contribution is -2.18. The van der Waals surface area contributed by atoms with Gasteiger partial charge in [-0.3, -0.25) is 9.71 Å². The van der Waals surface area contributed by atoms with Crippen LogP contribution in [0.25, 0.3) is 0 Å². The molecule has 1 fully saturated rings. The monoisotopic (exact) mass is 537 g/mol. The van der Waals surface area contributed by atoms with E-state index in [1.807, 2.05) is 60.7 Å². The van der Waals surface area contributed by atoms with Crippen LogP contribution in [0.2, 0.25) is 0 Å². The molecular formula is C26H33Cl2N3O3S. The predicted octanol–water partition coefficient (Wildman–Crippen LogP) is 6.44. The first kappa shape index (κ1) is 28.8. The van der Waals surface area contributed by atoms with Gasteiger partial charge in [-0.15, -0.1) is 24.8 Å². The molecule has 35 heavy (non-hydrogen) atoms. The van der Waals surface area contributed by atoms with E-state index in [2.05, 4.69) is 15.0 Å². The predicted molar refractivity (Wildman–Crippen MR) is 147 cm³/mol. The van der Waals surface area contributed by atoms with E-state index in [0.717, 1.165) is 16.8 Å². The SMILES string of the molecule is Cl.Cl.O=S(=O)(Cc1ccccc1)Nc1cc(CNc2ccncc2)ccc1OCC1CCCCC1. The summed E-state index contributed by atoms with van der Waals surface area (Å²) in [5.74, 6) is 1.01. The third-order valence-corrected chi connectivity index (χ3v) is 7.13. The summed E-state index contributed by atoms with van der Waals surface area (Å²) in [6.45, 7) is 1.17. The highest BCUT2D eigenvalue weighted by molar-refractivity contribution is 7.91. The number of rotatable bonds is 10. The van der Waals surface area contributed by atoms with Crippen molar-refractivity contribution >= 4 is 46.2 Å². The molecule has 0 spiro atoms. The molecule has 0 saturated heterocycles. The molecule has 1 saturated carbocycles. The number of halogens is 2. The fourth-order valence-electron chi connectivity index (χ4n) is 4.13. The Balaban J connectivity index is 0.00000216. The first-order chi connectivity index (χ1) is 16.1. The Morgan fingerprint density at radius 1 is 0.886 bits per heavy atom. The molecule has 4 rings (SSSR count). The minimum atomic E-state index is -3.60. The van der Waals surface area contributed by atoms with E-state index in [9.17, 15) is 8.42 Å². The molecule has 6 nitrogen and oxygen atoms in total. The first-order valence-corrected chi connectivity index (χ1v) is 13.2. The maximum atomic E-state index is 12.9. The molecule has 3 aromatic rings. The summed E-state index contributed by atoms with van der Waals surface area (Å²) in [5.41, 5.74) is 3.13. The van der Waals surface area contributed by atoms with Gasteiger partial charge in [0.05, 0.1) is 18.0 Å². The zero-order chi connectivity index (χ0) is 22.9. The zero-order valence-corrected chi connectivity index (χ0v) is 22.0. The van der Waals surface area contributed by atoms with E-state index < -0.39 is 10.0 Å². The van der Waals surface area contributed by atoms with E-state index in [-0.39, 0.29) is 30.6 Å². The second-order valence-electron chi connectivity index (χ2n) is 8.58. The summed E-state index contributed by atoms with van der Waals surface area (Å²) in [7, 11) is -3.60. The van der Waals surface area contributed by atoms with Crippen LogP contribution < -0.4 is 14.8 Å². The van der Waals surface area contributed by atoms with Crippen molar-refractivity contribution in [2.24, 2.45) is 5.92 Å². The molecule has 0 amide bonds. The van der Waals surface area contributed by atoms with Crippen molar-refractivity contribution in [3.05, 3.63) is 84.2 Å². The van der Waals surface area contributed by atoms with Gasteiger partial charge in [0.25, 0.3) is 0 Å². The molecule has 0 unspecified atom stereocenters. The Hall–Kier alpha value is -2.48. The number of hydrogen-bond acceptors (Lipinski definition) is 5. The topological polar surface area (TPSA) is 80.3 Å². The highest BCUT2D eigenvalue weighted by Crippen LogP contribution is 2.30. The minimum absolute atomic E-state index is 0. The minimum Gasteiger partial charge on any atom is -0.491 e. The number of ether oxygens (including phenoxy) is 1. The van der Waals surface area contributed by atoms with E-state index in [1.165, 1.54) is 32.1 Å². The molecular weight excluding hydrogens is 505 g/mol. The number of hydrogen-bond donors (Lipinski definition) is 2. The van der Waals surface area contributed by atoms with Gasteiger partial charge in [-0.2, -0.15) is 0 Å². The van der Waals surface area contributed by atoms with Crippen molar-refractivity contribution in [3.63, 3.8) is 0 Å². The van der Waals surface area contributed by atoms with Gasteiger partial charge >= 0.3 is 0 Å². The Morgan fingerprint density at radius 3 is 2.31 bits per heavy atom. The van der Waals surface area contributed by atoms with E-state index in [4.69, 9.17) is 4.74 Å². The van der Waals surface area contributed by atoms with Gasteiger partial charge in [0.15, 0.2) is 0 Å². The summed E-state index contributed by atoms with van der Waals surface area (Å²) < 4.78 is 34.8. The molecule has 190 valence electrons. The fourth-order valence-corrected chi connectivity index (χ4v) is 5.32. The van der Waals surface area contributed by atoms with Crippen molar-refractivity contribution in [2.75, 3.05) is 16.6 Å². The zero-order valence-electron chi connectivity index (χ0n) is 19.6. The maximum Gasteiger partial charge on any atom is 0.237 e. The van der Waals surface area contributed by atoms with Crippen molar-refractivity contribution in [1.82, 2.24) is 4.98 Å². The smallest absolute Gasteiger partial charge is 0.237 e. The summed E-state index contributed by atoms with van der Waals surface area (Å²) in [5, 5.41) is 3.34. The lowest BCUT2D eigenvalue weighted by atomic mass is 9.90.